The third-order valence-corrected chi connectivity index (χ3v) is 2.77. The molecule has 0 radical (unpaired) electrons. The number of carboxylic acids is 1. The maximum absolute atomic E-state index is 10.9. The highest BCUT2D eigenvalue weighted by atomic mass is 16.8. The maximum Gasteiger partial charge on any atom is 0.306 e. The molecule has 15 heavy (non-hydrogen) atoms. The molecule has 0 aromatic carbocycles. The van der Waals surface area contributed by atoms with Crippen molar-refractivity contribution in [1.82, 2.24) is 5.06 Å². The molecule has 0 aromatic rings. The lowest BCUT2D eigenvalue weighted by Gasteiger charge is -2.44. The average molecular weight is 219 g/mol. The van der Waals surface area contributed by atoms with Crippen LogP contribution in [0.5, 0.6) is 0 Å². The molecule has 1 rings (SSSR count). The third kappa shape index (κ3) is 2.28. The third-order valence-electron chi connectivity index (χ3n) is 2.77. The first-order valence-corrected chi connectivity index (χ1v) is 4.74. The highest BCUT2D eigenvalue weighted by Gasteiger charge is 2.46. The zero-order valence-electron chi connectivity index (χ0n) is 9.23. The van der Waals surface area contributed by atoms with Gasteiger partial charge in [0.25, 0.3) is 5.91 Å². The minimum atomic E-state index is -1.09. The lowest BCUT2D eigenvalue weighted by atomic mass is 9.95. The van der Waals surface area contributed by atoms with Gasteiger partial charge in [-0.3, -0.25) is 9.63 Å². The van der Waals surface area contributed by atoms with Crippen LogP contribution < -0.4 is 0 Å². The maximum atomic E-state index is 10.9. The number of piperidine rings is 1. The first-order chi connectivity index (χ1) is 7.09. The number of aliphatic carboxylic acids is 1. The largest absolute Gasteiger partial charge is 0.481 e. The van der Waals surface area contributed by atoms with Crippen molar-refractivity contribution in [2.24, 2.45) is 5.92 Å². The molecule has 1 N–H and O–H groups in total. The molecular formula is C9H17NO5. The highest BCUT2D eigenvalue weighted by Crippen LogP contribution is 2.33. The molecule has 0 saturated carbocycles. The van der Waals surface area contributed by atoms with E-state index < -0.39 is 17.8 Å². The lowest BCUT2D eigenvalue weighted by Crippen LogP contribution is -2.56. The fraction of sp³-hybridized carbons (Fsp3) is 0.889. The molecule has 88 valence electrons. The van der Waals surface area contributed by atoms with Gasteiger partial charge in [-0.05, 0) is 6.42 Å². The number of nitrogens with zero attached hydrogens (tertiary/aromatic N) is 1. The first-order valence-electron chi connectivity index (χ1n) is 4.74. The van der Waals surface area contributed by atoms with Crippen molar-refractivity contribution in [2.45, 2.75) is 18.8 Å². The second-order valence-corrected chi connectivity index (χ2v) is 3.43. The molecule has 0 amide bonds. The van der Waals surface area contributed by atoms with E-state index in [0.29, 0.717) is 13.0 Å². The van der Waals surface area contributed by atoms with Crippen molar-refractivity contribution in [2.75, 3.05) is 27.9 Å². The Bertz CT molecular complexity index is 229. The standard InChI is InChI=1S/C9H17NO5/c1-13-9(14-2)6-7(8(11)12)4-5-10(9)15-3/h7H,4-6H2,1-3H3,(H,11,12). The summed E-state index contributed by atoms with van der Waals surface area (Å²) >= 11 is 0. The summed E-state index contributed by atoms with van der Waals surface area (Å²) in [7, 11) is 4.45. The van der Waals surface area contributed by atoms with Gasteiger partial charge in [0.1, 0.15) is 0 Å². The Hall–Kier alpha value is -0.690. The number of carboxylic acid groups (broad SMARTS) is 1. The molecular weight excluding hydrogens is 202 g/mol. The Balaban J connectivity index is 2.81. The highest BCUT2D eigenvalue weighted by molar-refractivity contribution is 5.70. The van der Waals surface area contributed by atoms with Gasteiger partial charge in [-0.2, -0.15) is 0 Å². The van der Waals surface area contributed by atoms with Crippen molar-refractivity contribution in [3.05, 3.63) is 0 Å². The van der Waals surface area contributed by atoms with Gasteiger partial charge in [0.05, 0.1) is 13.0 Å². The smallest absolute Gasteiger partial charge is 0.306 e. The van der Waals surface area contributed by atoms with Gasteiger partial charge < -0.3 is 14.6 Å². The zero-order chi connectivity index (χ0) is 11.5. The van der Waals surface area contributed by atoms with Crippen LogP contribution >= 0.6 is 0 Å². The number of rotatable bonds is 4. The first kappa shape index (κ1) is 12.4. The van der Waals surface area contributed by atoms with E-state index >= 15 is 0 Å². The van der Waals surface area contributed by atoms with Crippen molar-refractivity contribution in [3.8, 4) is 0 Å². The van der Waals surface area contributed by atoms with Gasteiger partial charge in [-0.25, -0.2) is 0 Å². The van der Waals surface area contributed by atoms with Crippen molar-refractivity contribution in [3.63, 3.8) is 0 Å². The fourth-order valence-corrected chi connectivity index (χ4v) is 1.85. The second kappa shape index (κ2) is 4.89. The van der Waals surface area contributed by atoms with Gasteiger partial charge in [-0.15, -0.1) is 5.06 Å². The van der Waals surface area contributed by atoms with Crippen LogP contribution in [0.15, 0.2) is 0 Å². The Labute approximate surface area is 88.7 Å². The molecule has 1 aliphatic rings. The van der Waals surface area contributed by atoms with Gasteiger partial charge in [0, 0.05) is 27.2 Å². The number of hydrogen-bond acceptors (Lipinski definition) is 5. The summed E-state index contributed by atoms with van der Waals surface area (Å²) in [6.45, 7) is 0.467. The van der Waals surface area contributed by atoms with E-state index in [4.69, 9.17) is 19.4 Å². The van der Waals surface area contributed by atoms with E-state index in [0.717, 1.165) is 0 Å². The summed E-state index contributed by atoms with van der Waals surface area (Å²) < 4.78 is 10.5. The number of hydroxylamine groups is 2. The molecule has 6 nitrogen and oxygen atoms in total. The Morgan fingerprint density at radius 1 is 1.40 bits per heavy atom. The van der Waals surface area contributed by atoms with E-state index in [-0.39, 0.29) is 6.42 Å². The van der Waals surface area contributed by atoms with E-state index in [1.807, 2.05) is 0 Å². The fourth-order valence-electron chi connectivity index (χ4n) is 1.85. The molecule has 1 fully saturated rings. The molecule has 1 unspecified atom stereocenters. The Morgan fingerprint density at radius 3 is 2.40 bits per heavy atom. The van der Waals surface area contributed by atoms with Gasteiger partial charge in [0.15, 0.2) is 0 Å². The summed E-state index contributed by atoms with van der Waals surface area (Å²) in [5, 5.41) is 10.5. The normalized spacial score (nSPS) is 26.5. The van der Waals surface area contributed by atoms with Gasteiger partial charge >= 0.3 is 5.97 Å². The lowest BCUT2D eigenvalue weighted by molar-refractivity contribution is -0.403. The SMILES string of the molecule is CON1CCC(C(=O)O)CC1(OC)OC. The summed E-state index contributed by atoms with van der Waals surface area (Å²) in [4.78, 5) is 16.0. The predicted molar refractivity (Wildman–Crippen MR) is 50.8 cm³/mol. The molecule has 0 bridgehead atoms. The van der Waals surface area contributed by atoms with Crippen LogP contribution in [0.2, 0.25) is 0 Å². The summed E-state index contributed by atoms with van der Waals surface area (Å²) in [5.74, 6) is -2.38. The Kier molecular flexibility index (Phi) is 4.04. The number of ether oxygens (including phenoxy) is 2. The van der Waals surface area contributed by atoms with Crippen LogP contribution in [0.4, 0.5) is 0 Å². The minimum Gasteiger partial charge on any atom is -0.481 e. The molecule has 1 saturated heterocycles. The topological polar surface area (TPSA) is 68.2 Å². The Morgan fingerprint density at radius 2 is 2.00 bits per heavy atom. The van der Waals surface area contributed by atoms with Gasteiger partial charge in [-0.1, -0.05) is 0 Å². The van der Waals surface area contributed by atoms with E-state index in [1.165, 1.54) is 26.4 Å². The van der Waals surface area contributed by atoms with Crippen LogP contribution in [-0.4, -0.2) is 49.9 Å². The molecule has 1 atom stereocenters. The molecule has 1 aliphatic heterocycles. The average Bonchev–Trinajstić information content (AvgIpc) is 2.27. The molecule has 0 spiro atoms. The quantitative estimate of drug-likeness (QED) is 0.685. The van der Waals surface area contributed by atoms with Crippen LogP contribution in [-0.2, 0) is 19.1 Å². The van der Waals surface area contributed by atoms with E-state index in [9.17, 15) is 4.79 Å². The summed E-state index contributed by atoms with van der Waals surface area (Å²) in [5.41, 5.74) is 0. The van der Waals surface area contributed by atoms with E-state index in [2.05, 4.69) is 0 Å². The van der Waals surface area contributed by atoms with Gasteiger partial charge in [0.2, 0.25) is 0 Å². The van der Waals surface area contributed by atoms with Crippen LogP contribution in [0, 0.1) is 5.92 Å². The van der Waals surface area contributed by atoms with E-state index in [1.54, 1.807) is 0 Å². The summed E-state index contributed by atoms with van der Waals surface area (Å²) in [6, 6.07) is 0. The molecule has 0 aromatic heterocycles. The second-order valence-electron chi connectivity index (χ2n) is 3.43. The van der Waals surface area contributed by atoms with Crippen LogP contribution in [0.25, 0.3) is 0 Å². The van der Waals surface area contributed by atoms with Crippen molar-refractivity contribution in [1.29, 1.82) is 0 Å². The number of carbonyl (C=O) groups is 1. The zero-order valence-corrected chi connectivity index (χ0v) is 9.23. The molecule has 1 heterocycles. The molecule has 0 aliphatic carbocycles. The van der Waals surface area contributed by atoms with Crippen LogP contribution in [0.3, 0.4) is 0 Å². The van der Waals surface area contributed by atoms with Crippen molar-refractivity contribution < 1.29 is 24.2 Å². The van der Waals surface area contributed by atoms with Crippen LogP contribution in [0.1, 0.15) is 12.8 Å². The number of methoxy groups -OCH3 is 2. The van der Waals surface area contributed by atoms with Crippen molar-refractivity contribution >= 4 is 5.97 Å². The molecule has 6 heteroatoms. The minimum absolute atomic E-state index is 0.253. The monoisotopic (exact) mass is 219 g/mol. The predicted octanol–water partition coefficient (Wildman–Crippen LogP) is 0.291. The summed E-state index contributed by atoms with van der Waals surface area (Å²) in [6.07, 6.45) is 0.779. The number of hydrogen-bond donors (Lipinski definition) is 1.